The number of hydrogen-bond donors (Lipinski definition) is 3. The van der Waals surface area contributed by atoms with Crippen molar-refractivity contribution in [3.63, 3.8) is 0 Å². The van der Waals surface area contributed by atoms with E-state index >= 15 is 0 Å². The van der Waals surface area contributed by atoms with Crippen molar-refractivity contribution in [2.45, 2.75) is 38.5 Å². The number of anilines is 1. The van der Waals surface area contributed by atoms with E-state index in [9.17, 15) is 4.79 Å². The molecule has 1 atom stereocenters. The molecule has 1 amide bonds. The SMILES string of the molecule is CN=C(NCCCn1ccc2ccccc21)NCc1cccc(NC(=O)C2CCCO2)c1. The molecule has 1 aliphatic rings. The summed E-state index contributed by atoms with van der Waals surface area (Å²) < 4.78 is 7.73. The van der Waals surface area contributed by atoms with Crippen LogP contribution in [0.5, 0.6) is 0 Å². The van der Waals surface area contributed by atoms with E-state index in [4.69, 9.17) is 4.74 Å². The fraction of sp³-hybridized carbons (Fsp3) is 0.360. The monoisotopic (exact) mass is 433 g/mol. The molecule has 3 aromatic rings. The van der Waals surface area contributed by atoms with Gasteiger partial charge in [0.2, 0.25) is 0 Å². The van der Waals surface area contributed by atoms with E-state index in [1.807, 2.05) is 24.3 Å². The molecule has 2 aromatic carbocycles. The molecule has 0 saturated carbocycles. The van der Waals surface area contributed by atoms with Crippen LogP contribution in [-0.2, 0) is 22.6 Å². The summed E-state index contributed by atoms with van der Waals surface area (Å²) in [6.45, 7) is 3.05. The van der Waals surface area contributed by atoms with Crippen molar-refractivity contribution in [2.24, 2.45) is 4.99 Å². The number of aliphatic imine (C=N–C) groups is 1. The Kier molecular flexibility index (Phi) is 7.40. The molecular weight excluding hydrogens is 402 g/mol. The zero-order valence-corrected chi connectivity index (χ0v) is 18.5. The van der Waals surface area contributed by atoms with E-state index in [0.717, 1.165) is 49.6 Å². The number of fused-ring (bicyclic) bond motifs is 1. The minimum atomic E-state index is -0.329. The van der Waals surface area contributed by atoms with Crippen LogP contribution in [0.25, 0.3) is 10.9 Å². The van der Waals surface area contributed by atoms with Crippen molar-refractivity contribution >= 4 is 28.5 Å². The molecule has 1 aliphatic heterocycles. The maximum absolute atomic E-state index is 12.3. The minimum Gasteiger partial charge on any atom is -0.368 e. The number of hydrogen-bond acceptors (Lipinski definition) is 3. The van der Waals surface area contributed by atoms with Crippen LogP contribution in [-0.4, -0.2) is 42.7 Å². The van der Waals surface area contributed by atoms with Crippen LogP contribution in [0.3, 0.4) is 0 Å². The summed E-state index contributed by atoms with van der Waals surface area (Å²) in [4.78, 5) is 16.6. The van der Waals surface area contributed by atoms with Crippen molar-refractivity contribution in [2.75, 3.05) is 25.5 Å². The zero-order valence-electron chi connectivity index (χ0n) is 18.5. The smallest absolute Gasteiger partial charge is 0.253 e. The van der Waals surface area contributed by atoms with Crippen molar-refractivity contribution in [1.82, 2.24) is 15.2 Å². The van der Waals surface area contributed by atoms with Gasteiger partial charge in [0.1, 0.15) is 6.10 Å². The molecule has 32 heavy (non-hydrogen) atoms. The second-order valence-corrected chi connectivity index (χ2v) is 7.97. The van der Waals surface area contributed by atoms with Gasteiger partial charge in [0, 0.05) is 50.7 Å². The molecule has 1 unspecified atom stereocenters. The number of para-hydroxylation sites is 1. The van der Waals surface area contributed by atoms with Crippen LogP contribution in [0.1, 0.15) is 24.8 Å². The molecule has 1 saturated heterocycles. The Bertz CT molecular complexity index is 1070. The lowest BCUT2D eigenvalue weighted by atomic mass is 10.2. The number of rotatable bonds is 8. The van der Waals surface area contributed by atoms with Gasteiger partial charge in [-0.3, -0.25) is 9.79 Å². The quantitative estimate of drug-likeness (QED) is 0.289. The molecule has 7 heteroatoms. The van der Waals surface area contributed by atoms with Crippen molar-refractivity contribution in [3.05, 3.63) is 66.4 Å². The molecule has 168 valence electrons. The van der Waals surface area contributed by atoms with E-state index in [1.165, 1.54) is 10.9 Å². The molecule has 2 heterocycles. The third-order valence-electron chi connectivity index (χ3n) is 5.65. The average molecular weight is 434 g/mol. The van der Waals surface area contributed by atoms with Crippen LogP contribution < -0.4 is 16.0 Å². The summed E-state index contributed by atoms with van der Waals surface area (Å²) in [5.74, 6) is 0.691. The maximum atomic E-state index is 12.3. The topological polar surface area (TPSA) is 79.7 Å². The van der Waals surface area contributed by atoms with E-state index in [-0.39, 0.29) is 12.0 Å². The van der Waals surface area contributed by atoms with E-state index in [2.05, 4.69) is 62.0 Å². The predicted octanol–water partition coefficient (Wildman–Crippen LogP) is 3.51. The molecular formula is C25H31N5O2. The van der Waals surface area contributed by atoms with Crippen LogP contribution >= 0.6 is 0 Å². The molecule has 0 radical (unpaired) electrons. The highest BCUT2D eigenvalue weighted by Gasteiger charge is 2.23. The second-order valence-electron chi connectivity index (χ2n) is 7.97. The number of carbonyl (C=O) groups excluding carboxylic acids is 1. The zero-order chi connectivity index (χ0) is 22.2. The van der Waals surface area contributed by atoms with Gasteiger partial charge in [0.15, 0.2) is 5.96 Å². The number of nitrogens with zero attached hydrogens (tertiary/aromatic N) is 2. The molecule has 0 aliphatic carbocycles. The minimum absolute atomic E-state index is 0.0689. The predicted molar refractivity (Wildman–Crippen MR) is 129 cm³/mol. The number of ether oxygens (including phenoxy) is 1. The van der Waals surface area contributed by atoms with Crippen LogP contribution in [0.2, 0.25) is 0 Å². The lowest BCUT2D eigenvalue weighted by Crippen LogP contribution is -2.37. The van der Waals surface area contributed by atoms with Crippen molar-refractivity contribution in [1.29, 1.82) is 0 Å². The number of amides is 1. The van der Waals surface area contributed by atoms with Crippen molar-refractivity contribution in [3.8, 4) is 0 Å². The molecule has 1 fully saturated rings. The largest absolute Gasteiger partial charge is 0.368 e. The Hall–Kier alpha value is -3.32. The number of carbonyl (C=O) groups is 1. The van der Waals surface area contributed by atoms with Crippen LogP contribution in [0.15, 0.2) is 65.8 Å². The van der Waals surface area contributed by atoms with E-state index in [1.54, 1.807) is 7.05 Å². The summed E-state index contributed by atoms with van der Waals surface area (Å²) in [5.41, 5.74) is 3.12. The van der Waals surface area contributed by atoms with Gasteiger partial charge in [-0.2, -0.15) is 0 Å². The van der Waals surface area contributed by atoms with Gasteiger partial charge >= 0.3 is 0 Å². The average Bonchev–Trinajstić information content (AvgIpc) is 3.50. The highest BCUT2D eigenvalue weighted by molar-refractivity contribution is 5.94. The molecule has 3 N–H and O–H groups in total. The summed E-state index contributed by atoms with van der Waals surface area (Å²) in [6, 6.07) is 18.4. The fourth-order valence-corrected chi connectivity index (χ4v) is 3.96. The first-order valence-electron chi connectivity index (χ1n) is 11.2. The summed E-state index contributed by atoms with van der Waals surface area (Å²) in [6.07, 6.45) is 4.53. The Balaban J connectivity index is 1.21. The second kappa shape index (κ2) is 10.8. The number of aryl methyl sites for hydroxylation is 1. The normalized spacial score (nSPS) is 16.3. The molecule has 1 aromatic heterocycles. The van der Waals surface area contributed by atoms with E-state index in [0.29, 0.717) is 13.2 Å². The summed E-state index contributed by atoms with van der Waals surface area (Å²) in [5, 5.41) is 10.9. The Morgan fingerprint density at radius 2 is 2.06 bits per heavy atom. The van der Waals surface area contributed by atoms with Gasteiger partial charge in [-0.15, -0.1) is 0 Å². The molecule has 4 rings (SSSR count). The number of guanidine groups is 1. The number of benzene rings is 2. The lowest BCUT2D eigenvalue weighted by Gasteiger charge is -2.14. The third kappa shape index (κ3) is 5.68. The maximum Gasteiger partial charge on any atom is 0.253 e. The fourth-order valence-electron chi connectivity index (χ4n) is 3.96. The molecule has 0 spiro atoms. The lowest BCUT2D eigenvalue weighted by molar-refractivity contribution is -0.124. The van der Waals surface area contributed by atoms with Gasteiger partial charge in [-0.25, -0.2) is 0 Å². The van der Waals surface area contributed by atoms with Crippen LogP contribution in [0, 0.1) is 0 Å². The number of nitrogens with one attached hydrogen (secondary N) is 3. The Morgan fingerprint density at radius 3 is 2.91 bits per heavy atom. The first-order chi connectivity index (χ1) is 15.7. The number of aromatic nitrogens is 1. The summed E-state index contributed by atoms with van der Waals surface area (Å²) in [7, 11) is 1.77. The van der Waals surface area contributed by atoms with Crippen molar-refractivity contribution < 1.29 is 9.53 Å². The van der Waals surface area contributed by atoms with Gasteiger partial charge in [0.25, 0.3) is 5.91 Å². The van der Waals surface area contributed by atoms with E-state index < -0.39 is 0 Å². The molecule has 7 nitrogen and oxygen atoms in total. The first-order valence-corrected chi connectivity index (χ1v) is 11.2. The Labute approximate surface area is 188 Å². The Morgan fingerprint density at radius 1 is 1.16 bits per heavy atom. The van der Waals surface area contributed by atoms with Gasteiger partial charge in [0.05, 0.1) is 0 Å². The standard InChI is InChI=1S/C25H31N5O2/c1-26-25(27-13-6-14-30-15-12-20-8-2-3-10-22(20)30)28-18-19-7-4-9-21(17-19)29-24(31)23-11-5-16-32-23/h2-4,7-10,12,15,17,23H,5-6,11,13-14,16,18H2,1H3,(H,29,31)(H2,26,27,28). The highest BCUT2D eigenvalue weighted by Crippen LogP contribution is 2.17. The highest BCUT2D eigenvalue weighted by atomic mass is 16.5. The van der Waals surface area contributed by atoms with Gasteiger partial charge in [-0.1, -0.05) is 30.3 Å². The van der Waals surface area contributed by atoms with Crippen LogP contribution in [0.4, 0.5) is 5.69 Å². The van der Waals surface area contributed by atoms with Gasteiger partial charge < -0.3 is 25.3 Å². The first kappa shape index (κ1) is 21.9. The molecule has 0 bridgehead atoms. The van der Waals surface area contributed by atoms with Gasteiger partial charge in [-0.05, 0) is 54.5 Å². The summed E-state index contributed by atoms with van der Waals surface area (Å²) >= 11 is 0. The third-order valence-corrected chi connectivity index (χ3v) is 5.65.